The molecule has 3 rings (SSSR count). The van der Waals surface area contributed by atoms with E-state index in [0.29, 0.717) is 0 Å². The van der Waals surface area contributed by atoms with Gasteiger partial charge in [0.2, 0.25) is 0 Å². The summed E-state index contributed by atoms with van der Waals surface area (Å²) in [6, 6.07) is 7.27. The van der Waals surface area contributed by atoms with Gasteiger partial charge in [-0.2, -0.15) is 0 Å². The molecular formula is C18H28N2O. The summed E-state index contributed by atoms with van der Waals surface area (Å²) in [6.45, 7) is 6.45. The van der Waals surface area contributed by atoms with Crippen molar-refractivity contribution in [3.63, 3.8) is 0 Å². The van der Waals surface area contributed by atoms with Crippen LogP contribution < -0.4 is 15.4 Å². The molecule has 1 heterocycles. The van der Waals surface area contributed by atoms with Crippen LogP contribution in [0.15, 0.2) is 18.2 Å². The Labute approximate surface area is 128 Å². The SMILES string of the molecule is CC1CNc2cc(CCNC3CCCCC3C)ccc2O1. The van der Waals surface area contributed by atoms with Crippen molar-refractivity contribution in [2.24, 2.45) is 5.92 Å². The lowest BCUT2D eigenvalue weighted by atomic mass is 9.86. The highest BCUT2D eigenvalue weighted by molar-refractivity contribution is 5.59. The molecule has 2 aliphatic rings. The van der Waals surface area contributed by atoms with E-state index in [2.05, 4.69) is 42.7 Å². The zero-order valence-corrected chi connectivity index (χ0v) is 13.3. The van der Waals surface area contributed by atoms with E-state index in [1.165, 1.54) is 31.2 Å². The molecule has 3 atom stereocenters. The van der Waals surface area contributed by atoms with Crippen molar-refractivity contribution < 1.29 is 4.74 Å². The van der Waals surface area contributed by atoms with Crippen molar-refractivity contribution in [2.45, 2.75) is 58.1 Å². The Hall–Kier alpha value is -1.22. The van der Waals surface area contributed by atoms with E-state index in [0.717, 1.165) is 42.9 Å². The third-order valence-electron chi connectivity index (χ3n) is 4.88. The third-order valence-corrected chi connectivity index (χ3v) is 4.88. The van der Waals surface area contributed by atoms with Crippen LogP contribution in [-0.2, 0) is 6.42 Å². The van der Waals surface area contributed by atoms with Gasteiger partial charge in [0.25, 0.3) is 0 Å². The van der Waals surface area contributed by atoms with Crippen molar-refractivity contribution in [2.75, 3.05) is 18.4 Å². The lowest BCUT2D eigenvalue weighted by Crippen LogP contribution is -2.38. The van der Waals surface area contributed by atoms with Crippen molar-refractivity contribution >= 4 is 5.69 Å². The zero-order chi connectivity index (χ0) is 14.7. The highest BCUT2D eigenvalue weighted by Crippen LogP contribution is 2.30. The summed E-state index contributed by atoms with van der Waals surface area (Å²) in [5.74, 6) is 1.82. The average molecular weight is 288 g/mol. The smallest absolute Gasteiger partial charge is 0.142 e. The van der Waals surface area contributed by atoms with Gasteiger partial charge in [0.05, 0.1) is 12.2 Å². The quantitative estimate of drug-likeness (QED) is 0.888. The second-order valence-corrected chi connectivity index (χ2v) is 6.71. The number of hydrogen-bond acceptors (Lipinski definition) is 3. The largest absolute Gasteiger partial charge is 0.487 e. The molecule has 0 aromatic heterocycles. The van der Waals surface area contributed by atoms with Crippen LogP contribution in [0.1, 0.15) is 45.1 Å². The molecule has 1 aromatic carbocycles. The molecular weight excluding hydrogens is 260 g/mol. The van der Waals surface area contributed by atoms with Crippen LogP contribution in [-0.4, -0.2) is 25.2 Å². The van der Waals surface area contributed by atoms with E-state index in [1.54, 1.807) is 0 Å². The molecule has 3 nitrogen and oxygen atoms in total. The summed E-state index contributed by atoms with van der Waals surface area (Å²) in [6.07, 6.45) is 6.88. The topological polar surface area (TPSA) is 33.3 Å². The van der Waals surface area contributed by atoms with E-state index >= 15 is 0 Å². The average Bonchev–Trinajstić information content (AvgIpc) is 2.49. The summed E-state index contributed by atoms with van der Waals surface area (Å²) in [7, 11) is 0. The normalized spacial score (nSPS) is 28.4. The molecule has 1 saturated carbocycles. The molecule has 1 aromatic rings. The Morgan fingerprint density at radius 1 is 1.24 bits per heavy atom. The van der Waals surface area contributed by atoms with Crippen LogP contribution in [0.25, 0.3) is 0 Å². The fraction of sp³-hybridized carbons (Fsp3) is 0.667. The molecule has 1 aliphatic carbocycles. The molecule has 0 spiro atoms. The van der Waals surface area contributed by atoms with Crippen LogP contribution in [0.3, 0.4) is 0 Å². The second kappa shape index (κ2) is 6.69. The summed E-state index contributed by atoms with van der Waals surface area (Å²) in [5, 5.41) is 7.21. The number of ether oxygens (including phenoxy) is 1. The van der Waals surface area contributed by atoms with E-state index < -0.39 is 0 Å². The molecule has 116 valence electrons. The van der Waals surface area contributed by atoms with Crippen LogP contribution in [0, 0.1) is 5.92 Å². The molecule has 3 unspecified atom stereocenters. The maximum absolute atomic E-state index is 5.82. The predicted octanol–water partition coefficient (Wildman–Crippen LogP) is 3.59. The number of fused-ring (bicyclic) bond motifs is 1. The van der Waals surface area contributed by atoms with E-state index in [1.807, 2.05) is 0 Å². The molecule has 2 N–H and O–H groups in total. The van der Waals surface area contributed by atoms with Gasteiger partial charge < -0.3 is 15.4 Å². The maximum atomic E-state index is 5.82. The molecule has 0 bridgehead atoms. The highest BCUT2D eigenvalue weighted by Gasteiger charge is 2.20. The predicted molar refractivity (Wildman–Crippen MR) is 88.1 cm³/mol. The molecule has 1 fully saturated rings. The van der Waals surface area contributed by atoms with E-state index in [-0.39, 0.29) is 6.10 Å². The Kier molecular flexibility index (Phi) is 4.69. The first-order valence-electron chi connectivity index (χ1n) is 8.49. The number of hydrogen-bond donors (Lipinski definition) is 2. The number of benzene rings is 1. The molecule has 1 aliphatic heterocycles. The third kappa shape index (κ3) is 3.70. The summed E-state index contributed by atoms with van der Waals surface area (Å²) in [4.78, 5) is 0. The minimum atomic E-state index is 0.262. The Bertz CT molecular complexity index is 474. The van der Waals surface area contributed by atoms with Crippen molar-refractivity contribution in [3.05, 3.63) is 23.8 Å². The fourth-order valence-corrected chi connectivity index (χ4v) is 3.51. The molecule has 0 radical (unpaired) electrons. The fourth-order valence-electron chi connectivity index (χ4n) is 3.51. The lowest BCUT2D eigenvalue weighted by molar-refractivity contribution is 0.226. The lowest BCUT2D eigenvalue weighted by Gasteiger charge is -2.29. The Balaban J connectivity index is 1.51. The molecule has 21 heavy (non-hydrogen) atoms. The minimum absolute atomic E-state index is 0.262. The van der Waals surface area contributed by atoms with Crippen LogP contribution in [0.4, 0.5) is 5.69 Å². The van der Waals surface area contributed by atoms with Gasteiger partial charge in [-0.05, 0) is 56.3 Å². The molecule has 3 heteroatoms. The van der Waals surface area contributed by atoms with Crippen molar-refractivity contribution in [1.82, 2.24) is 5.32 Å². The van der Waals surface area contributed by atoms with Crippen LogP contribution in [0.5, 0.6) is 5.75 Å². The first kappa shape index (κ1) is 14.7. The highest BCUT2D eigenvalue weighted by atomic mass is 16.5. The Morgan fingerprint density at radius 3 is 2.95 bits per heavy atom. The van der Waals surface area contributed by atoms with Gasteiger partial charge in [-0.25, -0.2) is 0 Å². The van der Waals surface area contributed by atoms with Crippen molar-refractivity contribution in [3.8, 4) is 5.75 Å². The molecule has 0 saturated heterocycles. The summed E-state index contributed by atoms with van der Waals surface area (Å²) in [5.41, 5.74) is 2.53. The van der Waals surface area contributed by atoms with Gasteiger partial charge in [-0.1, -0.05) is 25.8 Å². The second-order valence-electron chi connectivity index (χ2n) is 6.71. The van der Waals surface area contributed by atoms with Gasteiger partial charge in [0.15, 0.2) is 0 Å². The summed E-state index contributed by atoms with van der Waals surface area (Å²) < 4.78 is 5.82. The van der Waals surface area contributed by atoms with Gasteiger partial charge in [0.1, 0.15) is 11.9 Å². The Morgan fingerprint density at radius 2 is 2.10 bits per heavy atom. The zero-order valence-electron chi connectivity index (χ0n) is 13.3. The number of anilines is 1. The first-order valence-corrected chi connectivity index (χ1v) is 8.49. The van der Waals surface area contributed by atoms with Gasteiger partial charge >= 0.3 is 0 Å². The van der Waals surface area contributed by atoms with Gasteiger partial charge in [-0.3, -0.25) is 0 Å². The number of rotatable bonds is 4. The molecule has 0 amide bonds. The van der Waals surface area contributed by atoms with E-state index in [9.17, 15) is 0 Å². The summed E-state index contributed by atoms with van der Waals surface area (Å²) >= 11 is 0. The standard InChI is InChI=1S/C18H28N2O/c1-13-5-3-4-6-16(13)19-10-9-15-7-8-18-17(11-15)20-12-14(2)21-18/h7-8,11,13-14,16,19-20H,3-6,9-10,12H2,1-2H3. The number of nitrogens with one attached hydrogen (secondary N) is 2. The van der Waals surface area contributed by atoms with E-state index in [4.69, 9.17) is 4.74 Å². The minimum Gasteiger partial charge on any atom is -0.487 e. The monoisotopic (exact) mass is 288 g/mol. The van der Waals surface area contributed by atoms with Gasteiger partial charge in [-0.15, -0.1) is 0 Å². The van der Waals surface area contributed by atoms with Gasteiger partial charge in [0, 0.05) is 6.04 Å². The maximum Gasteiger partial charge on any atom is 0.142 e. The van der Waals surface area contributed by atoms with Crippen LogP contribution >= 0.6 is 0 Å². The van der Waals surface area contributed by atoms with Crippen molar-refractivity contribution in [1.29, 1.82) is 0 Å². The first-order chi connectivity index (χ1) is 10.2. The van der Waals surface area contributed by atoms with Crippen LogP contribution in [0.2, 0.25) is 0 Å².